The molecule has 1 aliphatic carbocycles. The Bertz CT molecular complexity index is 501. The molecule has 0 aromatic heterocycles. The second-order valence-corrected chi connectivity index (χ2v) is 6.25. The molecular formula is C17H25NO3. The number of piperidine rings is 1. The van der Waals surface area contributed by atoms with Crippen LogP contribution in [0.1, 0.15) is 43.7 Å². The van der Waals surface area contributed by atoms with Crippen LogP contribution >= 0.6 is 0 Å². The van der Waals surface area contributed by atoms with Crippen LogP contribution in [-0.4, -0.2) is 31.5 Å². The van der Waals surface area contributed by atoms with Crippen molar-refractivity contribution in [2.24, 2.45) is 5.92 Å². The minimum absolute atomic E-state index is 0.198. The summed E-state index contributed by atoms with van der Waals surface area (Å²) in [4.78, 5) is 0. The number of ether oxygens (including phenoxy) is 2. The van der Waals surface area contributed by atoms with Crippen LogP contribution in [0.25, 0.3) is 0 Å². The van der Waals surface area contributed by atoms with Crippen molar-refractivity contribution in [1.29, 1.82) is 0 Å². The molecule has 3 rings (SSSR count). The van der Waals surface area contributed by atoms with E-state index in [4.69, 9.17) is 9.47 Å². The molecule has 2 fully saturated rings. The number of benzene rings is 1. The van der Waals surface area contributed by atoms with Crippen molar-refractivity contribution in [2.45, 2.75) is 43.7 Å². The van der Waals surface area contributed by atoms with E-state index < -0.39 is 5.60 Å². The van der Waals surface area contributed by atoms with Gasteiger partial charge in [-0.25, -0.2) is 0 Å². The summed E-state index contributed by atoms with van der Waals surface area (Å²) in [5, 5.41) is 14.5. The minimum atomic E-state index is -0.499. The first-order chi connectivity index (χ1) is 10.2. The Kier molecular flexibility index (Phi) is 4.09. The molecule has 0 unspecified atom stereocenters. The van der Waals surface area contributed by atoms with Gasteiger partial charge in [0.05, 0.1) is 19.8 Å². The Morgan fingerprint density at radius 2 is 1.95 bits per heavy atom. The second kappa shape index (κ2) is 5.85. The molecule has 1 aliphatic heterocycles. The summed E-state index contributed by atoms with van der Waals surface area (Å²) >= 11 is 0. The lowest BCUT2D eigenvalue weighted by atomic mass is 9.67. The Morgan fingerprint density at radius 3 is 2.71 bits per heavy atom. The standard InChI is InChI=1S/C17H25NO3/c1-20-14-7-6-12(11-15(14)21-2)16-13-5-3-4-8-17(13,19)9-10-18-16/h6-7,11,13,16,18-19H,3-5,8-10H2,1-2H3/t13-,16-,17-/m0/s1. The van der Waals surface area contributed by atoms with E-state index >= 15 is 0 Å². The van der Waals surface area contributed by atoms with Crippen LogP contribution in [0.15, 0.2) is 18.2 Å². The molecule has 1 saturated heterocycles. The number of nitrogens with one attached hydrogen (secondary N) is 1. The van der Waals surface area contributed by atoms with Gasteiger partial charge in [0.25, 0.3) is 0 Å². The lowest BCUT2D eigenvalue weighted by Gasteiger charge is -2.48. The maximum atomic E-state index is 11.0. The Morgan fingerprint density at radius 1 is 1.14 bits per heavy atom. The molecular weight excluding hydrogens is 266 g/mol. The van der Waals surface area contributed by atoms with Crippen LogP contribution < -0.4 is 14.8 Å². The van der Waals surface area contributed by atoms with Crippen molar-refractivity contribution in [1.82, 2.24) is 5.32 Å². The van der Waals surface area contributed by atoms with Crippen molar-refractivity contribution < 1.29 is 14.6 Å². The highest BCUT2D eigenvalue weighted by molar-refractivity contribution is 5.44. The molecule has 3 atom stereocenters. The summed E-state index contributed by atoms with van der Waals surface area (Å²) in [6, 6.07) is 6.27. The molecule has 1 saturated carbocycles. The predicted molar refractivity (Wildman–Crippen MR) is 81.8 cm³/mol. The summed E-state index contributed by atoms with van der Waals surface area (Å²) in [6.07, 6.45) is 5.23. The first kappa shape index (κ1) is 14.7. The topological polar surface area (TPSA) is 50.7 Å². The third-order valence-corrected chi connectivity index (χ3v) is 5.16. The average molecular weight is 291 g/mol. The zero-order valence-corrected chi connectivity index (χ0v) is 12.9. The molecule has 0 bridgehead atoms. The van der Waals surface area contributed by atoms with Gasteiger partial charge in [-0.15, -0.1) is 0 Å². The lowest BCUT2D eigenvalue weighted by Crippen LogP contribution is -2.53. The van der Waals surface area contributed by atoms with Crippen LogP contribution in [0, 0.1) is 5.92 Å². The number of rotatable bonds is 3. The number of aliphatic hydroxyl groups is 1. The molecule has 0 spiro atoms. The quantitative estimate of drug-likeness (QED) is 0.899. The van der Waals surface area contributed by atoms with Gasteiger partial charge in [-0.2, -0.15) is 0 Å². The zero-order valence-electron chi connectivity index (χ0n) is 12.9. The summed E-state index contributed by atoms with van der Waals surface area (Å²) in [7, 11) is 3.31. The molecule has 1 aromatic carbocycles. The van der Waals surface area contributed by atoms with E-state index in [0.717, 1.165) is 43.7 Å². The van der Waals surface area contributed by atoms with Gasteiger partial charge in [0.1, 0.15) is 0 Å². The zero-order chi connectivity index (χ0) is 14.9. The van der Waals surface area contributed by atoms with E-state index in [0.29, 0.717) is 0 Å². The third kappa shape index (κ3) is 2.62. The normalized spacial score (nSPS) is 32.3. The van der Waals surface area contributed by atoms with Crippen LogP contribution in [0.4, 0.5) is 0 Å². The number of hydrogen-bond donors (Lipinski definition) is 2. The molecule has 4 heteroatoms. The smallest absolute Gasteiger partial charge is 0.161 e. The highest BCUT2D eigenvalue weighted by Gasteiger charge is 2.45. The third-order valence-electron chi connectivity index (χ3n) is 5.16. The Labute approximate surface area is 126 Å². The van der Waals surface area contributed by atoms with E-state index in [9.17, 15) is 5.11 Å². The highest BCUT2D eigenvalue weighted by Crippen LogP contribution is 2.46. The van der Waals surface area contributed by atoms with E-state index in [2.05, 4.69) is 11.4 Å². The van der Waals surface area contributed by atoms with E-state index in [1.165, 1.54) is 12.0 Å². The van der Waals surface area contributed by atoms with Crippen molar-refractivity contribution in [3.8, 4) is 11.5 Å². The van der Waals surface area contributed by atoms with Gasteiger partial charge in [-0.05, 0) is 43.5 Å². The molecule has 116 valence electrons. The summed E-state index contributed by atoms with van der Waals surface area (Å²) in [5.74, 6) is 1.79. The Balaban J connectivity index is 1.91. The minimum Gasteiger partial charge on any atom is -0.493 e. The average Bonchev–Trinajstić information content (AvgIpc) is 2.53. The first-order valence-electron chi connectivity index (χ1n) is 7.85. The van der Waals surface area contributed by atoms with Gasteiger partial charge in [-0.3, -0.25) is 0 Å². The monoisotopic (exact) mass is 291 g/mol. The fraction of sp³-hybridized carbons (Fsp3) is 0.647. The van der Waals surface area contributed by atoms with E-state index in [1.54, 1.807) is 14.2 Å². The molecule has 2 aliphatic rings. The second-order valence-electron chi connectivity index (χ2n) is 6.25. The lowest BCUT2D eigenvalue weighted by molar-refractivity contribution is -0.0861. The molecule has 4 nitrogen and oxygen atoms in total. The molecule has 1 aromatic rings. The van der Waals surface area contributed by atoms with Gasteiger partial charge in [0, 0.05) is 12.0 Å². The SMILES string of the molecule is COc1ccc([C@@H]2NCC[C@@]3(O)CCCC[C@@H]23)cc1OC. The van der Waals surface area contributed by atoms with Crippen LogP contribution in [0.2, 0.25) is 0 Å². The van der Waals surface area contributed by atoms with Crippen LogP contribution in [0.5, 0.6) is 11.5 Å². The van der Waals surface area contributed by atoms with Crippen molar-refractivity contribution in [2.75, 3.05) is 20.8 Å². The van der Waals surface area contributed by atoms with E-state index in [-0.39, 0.29) is 12.0 Å². The summed E-state index contributed by atoms with van der Waals surface area (Å²) in [5.41, 5.74) is 0.680. The van der Waals surface area contributed by atoms with E-state index in [1.807, 2.05) is 12.1 Å². The fourth-order valence-electron chi connectivity index (χ4n) is 4.02. The summed E-state index contributed by atoms with van der Waals surface area (Å²) in [6.45, 7) is 0.867. The van der Waals surface area contributed by atoms with Gasteiger partial charge < -0.3 is 19.9 Å². The number of fused-ring (bicyclic) bond motifs is 1. The summed E-state index contributed by atoms with van der Waals surface area (Å²) < 4.78 is 10.7. The molecule has 21 heavy (non-hydrogen) atoms. The van der Waals surface area contributed by atoms with Crippen molar-refractivity contribution in [3.63, 3.8) is 0 Å². The molecule has 1 heterocycles. The predicted octanol–water partition coefficient (Wildman–Crippen LogP) is 2.66. The number of hydrogen-bond acceptors (Lipinski definition) is 4. The van der Waals surface area contributed by atoms with Crippen molar-refractivity contribution >= 4 is 0 Å². The van der Waals surface area contributed by atoms with Crippen molar-refractivity contribution in [3.05, 3.63) is 23.8 Å². The molecule has 0 radical (unpaired) electrons. The molecule has 0 amide bonds. The van der Waals surface area contributed by atoms with Gasteiger partial charge >= 0.3 is 0 Å². The van der Waals surface area contributed by atoms with Gasteiger partial charge in [-0.1, -0.05) is 18.9 Å². The highest BCUT2D eigenvalue weighted by atomic mass is 16.5. The molecule has 2 N–H and O–H groups in total. The van der Waals surface area contributed by atoms with Gasteiger partial charge in [0.15, 0.2) is 11.5 Å². The van der Waals surface area contributed by atoms with Crippen LogP contribution in [-0.2, 0) is 0 Å². The maximum Gasteiger partial charge on any atom is 0.161 e. The number of methoxy groups -OCH3 is 2. The fourth-order valence-corrected chi connectivity index (χ4v) is 4.02. The van der Waals surface area contributed by atoms with Gasteiger partial charge in [0.2, 0.25) is 0 Å². The first-order valence-corrected chi connectivity index (χ1v) is 7.85. The van der Waals surface area contributed by atoms with Crippen LogP contribution in [0.3, 0.4) is 0 Å². The Hall–Kier alpha value is -1.26. The maximum absolute atomic E-state index is 11.0. The largest absolute Gasteiger partial charge is 0.493 e.